The molecule has 1 rings (SSSR count). The Labute approximate surface area is 91.0 Å². The zero-order valence-corrected chi connectivity index (χ0v) is 10.1. The minimum Gasteiger partial charge on any atom is -0.224 e. The summed E-state index contributed by atoms with van der Waals surface area (Å²) in [5.74, 6) is 0.196. The summed E-state index contributed by atoms with van der Waals surface area (Å²) in [4.78, 5) is 0.297. The van der Waals surface area contributed by atoms with Crippen LogP contribution in [0, 0.1) is 0 Å². The number of benzene rings is 1. The summed E-state index contributed by atoms with van der Waals surface area (Å²) in [5.41, 5.74) is 0.624. The highest BCUT2D eigenvalue weighted by Crippen LogP contribution is 2.22. The Kier molecular flexibility index (Phi) is 3.38. The van der Waals surface area contributed by atoms with Gasteiger partial charge in [-0.3, -0.25) is 0 Å². The lowest BCUT2D eigenvalue weighted by Gasteiger charge is -2.04. The van der Waals surface area contributed by atoms with Crippen LogP contribution in [0.5, 0.6) is 0 Å². The molecule has 5 heteroatoms. The Morgan fingerprint density at radius 2 is 2.08 bits per heavy atom. The topological polar surface area (TPSA) is 34.1 Å². The maximum atomic E-state index is 11.2. The highest BCUT2D eigenvalue weighted by molar-refractivity contribution is 9.10. The molecule has 0 heterocycles. The van der Waals surface area contributed by atoms with Crippen molar-refractivity contribution in [3.8, 4) is 0 Å². The Morgan fingerprint density at radius 3 is 2.54 bits per heavy atom. The second-order valence-electron chi connectivity index (χ2n) is 2.66. The van der Waals surface area contributed by atoms with Gasteiger partial charge in [-0.1, -0.05) is 15.9 Å². The van der Waals surface area contributed by atoms with E-state index in [-0.39, 0.29) is 5.88 Å². The van der Waals surface area contributed by atoms with Crippen LogP contribution in [0.15, 0.2) is 27.6 Å². The molecule has 0 bridgehead atoms. The number of halogens is 2. The molecule has 0 radical (unpaired) electrons. The van der Waals surface area contributed by atoms with Gasteiger partial charge in [0.15, 0.2) is 9.84 Å². The third-order valence-corrected chi connectivity index (χ3v) is 3.54. The molecule has 1 aromatic rings. The van der Waals surface area contributed by atoms with Gasteiger partial charge in [-0.2, -0.15) is 0 Å². The van der Waals surface area contributed by atoms with Crippen LogP contribution in [0.1, 0.15) is 5.56 Å². The predicted molar refractivity (Wildman–Crippen MR) is 56.8 cm³/mol. The summed E-state index contributed by atoms with van der Waals surface area (Å²) >= 11 is 8.88. The van der Waals surface area contributed by atoms with Crippen molar-refractivity contribution in [2.75, 3.05) is 6.26 Å². The second-order valence-corrected chi connectivity index (χ2v) is 5.82. The molecule has 72 valence electrons. The Bertz CT molecular complexity index is 414. The fourth-order valence-corrected chi connectivity index (χ4v) is 2.65. The molecule has 0 spiro atoms. The third-order valence-electron chi connectivity index (χ3n) is 1.57. The van der Waals surface area contributed by atoms with Gasteiger partial charge in [0.2, 0.25) is 0 Å². The van der Waals surface area contributed by atoms with Crippen LogP contribution in [0.2, 0.25) is 0 Å². The SMILES string of the molecule is CS(=O)(=O)c1ccc(Br)cc1CCl. The maximum Gasteiger partial charge on any atom is 0.175 e. The summed E-state index contributed by atoms with van der Waals surface area (Å²) in [6.07, 6.45) is 1.17. The van der Waals surface area contributed by atoms with Gasteiger partial charge in [0.1, 0.15) is 0 Å². The van der Waals surface area contributed by atoms with Crippen molar-refractivity contribution in [1.29, 1.82) is 0 Å². The molecular formula is C8H8BrClO2S. The molecule has 0 saturated carbocycles. The first kappa shape index (κ1) is 11.0. The standard InChI is InChI=1S/C8H8BrClO2S/c1-13(11,12)8-3-2-7(9)4-6(8)5-10/h2-4H,5H2,1H3. The van der Waals surface area contributed by atoms with Crippen molar-refractivity contribution < 1.29 is 8.42 Å². The number of rotatable bonds is 2. The zero-order valence-electron chi connectivity index (χ0n) is 6.92. The first-order valence-corrected chi connectivity index (χ1v) is 6.71. The molecule has 0 aliphatic carbocycles. The van der Waals surface area contributed by atoms with Crippen LogP contribution in [0.4, 0.5) is 0 Å². The van der Waals surface area contributed by atoms with Crippen molar-refractivity contribution >= 4 is 37.4 Å². The lowest BCUT2D eigenvalue weighted by molar-refractivity contribution is 0.601. The van der Waals surface area contributed by atoms with Gasteiger partial charge >= 0.3 is 0 Å². The summed E-state index contributed by atoms with van der Waals surface area (Å²) in [6, 6.07) is 4.95. The second kappa shape index (κ2) is 3.98. The van der Waals surface area contributed by atoms with Crippen molar-refractivity contribution in [2.24, 2.45) is 0 Å². The number of alkyl halides is 1. The van der Waals surface area contributed by atoms with E-state index in [4.69, 9.17) is 11.6 Å². The molecule has 13 heavy (non-hydrogen) atoms. The average molecular weight is 284 g/mol. The van der Waals surface area contributed by atoms with Gasteiger partial charge in [-0.15, -0.1) is 11.6 Å². The van der Waals surface area contributed by atoms with Crippen molar-refractivity contribution in [3.05, 3.63) is 28.2 Å². The largest absolute Gasteiger partial charge is 0.224 e. The minimum absolute atomic E-state index is 0.196. The van der Waals surface area contributed by atoms with E-state index >= 15 is 0 Å². The molecule has 0 fully saturated rings. The maximum absolute atomic E-state index is 11.2. The lowest BCUT2D eigenvalue weighted by atomic mass is 10.2. The molecule has 0 atom stereocenters. The van der Waals surface area contributed by atoms with Crippen LogP contribution < -0.4 is 0 Å². The fraction of sp³-hybridized carbons (Fsp3) is 0.250. The molecule has 2 nitrogen and oxygen atoms in total. The third kappa shape index (κ3) is 2.69. The van der Waals surface area contributed by atoms with E-state index in [2.05, 4.69) is 15.9 Å². The van der Waals surface area contributed by atoms with E-state index in [1.54, 1.807) is 18.2 Å². The molecule has 0 aliphatic heterocycles. The first-order valence-electron chi connectivity index (χ1n) is 3.49. The van der Waals surface area contributed by atoms with Crippen molar-refractivity contribution in [1.82, 2.24) is 0 Å². The number of hydrogen-bond donors (Lipinski definition) is 0. The van der Waals surface area contributed by atoms with Crippen LogP contribution in [-0.4, -0.2) is 14.7 Å². The zero-order chi connectivity index (χ0) is 10.1. The van der Waals surface area contributed by atoms with E-state index in [0.29, 0.717) is 10.5 Å². The van der Waals surface area contributed by atoms with Crippen LogP contribution in [0.25, 0.3) is 0 Å². The van der Waals surface area contributed by atoms with Crippen molar-refractivity contribution in [3.63, 3.8) is 0 Å². The first-order chi connectivity index (χ1) is 5.95. The fourth-order valence-electron chi connectivity index (χ4n) is 1.01. The quantitative estimate of drug-likeness (QED) is 0.782. The van der Waals surface area contributed by atoms with Gasteiger partial charge < -0.3 is 0 Å². The molecule has 0 saturated heterocycles. The monoisotopic (exact) mass is 282 g/mol. The lowest BCUT2D eigenvalue weighted by Crippen LogP contribution is -2.00. The van der Waals surface area contributed by atoms with Crippen molar-refractivity contribution in [2.45, 2.75) is 10.8 Å². The van der Waals surface area contributed by atoms with E-state index in [9.17, 15) is 8.42 Å². The van der Waals surface area contributed by atoms with E-state index < -0.39 is 9.84 Å². The summed E-state index contributed by atoms with van der Waals surface area (Å²) in [7, 11) is -3.17. The summed E-state index contributed by atoms with van der Waals surface area (Å²) in [5, 5.41) is 0. The molecule has 0 amide bonds. The molecule has 0 aromatic heterocycles. The average Bonchev–Trinajstić information content (AvgIpc) is 2.01. The van der Waals surface area contributed by atoms with Gasteiger partial charge in [0.25, 0.3) is 0 Å². The predicted octanol–water partition coefficient (Wildman–Crippen LogP) is 2.59. The van der Waals surface area contributed by atoms with Gasteiger partial charge in [0.05, 0.1) is 4.90 Å². The highest BCUT2D eigenvalue weighted by Gasteiger charge is 2.12. The smallest absolute Gasteiger partial charge is 0.175 e. The van der Waals surface area contributed by atoms with Gasteiger partial charge in [0, 0.05) is 16.6 Å². The minimum atomic E-state index is -3.17. The summed E-state index contributed by atoms with van der Waals surface area (Å²) < 4.78 is 23.3. The van der Waals surface area contributed by atoms with Crippen LogP contribution in [-0.2, 0) is 15.7 Å². The number of hydrogen-bond acceptors (Lipinski definition) is 2. The van der Waals surface area contributed by atoms with Crippen LogP contribution >= 0.6 is 27.5 Å². The Hall–Kier alpha value is -0.0600. The Balaban J connectivity index is 3.39. The van der Waals surface area contributed by atoms with Gasteiger partial charge in [-0.25, -0.2) is 8.42 Å². The normalized spacial score (nSPS) is 11.6. The Morgan fingerprint density at radius 1 is 1.46 bits per heavy atom. The van der Waals surface area contributed by atoms with E-state index in [0.717, 1.165) is 4.47 Å². The highest BCUT2D eigenvalue weighted by atomic mass is 79.9. The van der Waals surface area contributed by atoms with Gasteiger partial charge in [-0.05, 0) is 23.8 Å². The summed E-state index contributed by atoms with van der Waals surface area (Å²) in [6.45, 7) is 0. The molecule has 0 unspecified atom stereocenters. The molecule has 1 aromatic carbocycles. The molecule has 0 aliphatic rings. The van der Waals surface area contributed by atoms with Crippen LogP contribution in [0.3, 0.4) is 0 Å². The van der Waals surface area contributed by atoms with E-state index in [1.807, 2.05) is 0 Å². The molecule has 0 N–H and O–H groups in total. The number of sulfone groups is 1. The van der Waals surface area contributed by atoms with E-state index in [1.165, 1.54) is 6.26 Å². The molecular weight excluding hydrogens is 276 g/mol.